The van der Waals surface area contributed by atoms with Gasteiger partial charge in [0.15, 0.2) is 0 Å². The Bertz CT molecular complexity index is 299. The first-order valence-electron chi connectivity index (χ1n) is 7.95. The molecule has 1 saturated carbocycles. The average Bonchev–Trinajstić information content (AvgIpc) is 2.45. The van der Waals surface area contributed by atoms with E-state index in [1.165, 1.54) is 19.3 Å². The zero-order valence-corrected chi connectivity index (χ0v) is 14.4. The highest BCUT2D eigenvalue weighted by Gasteiger charge is 2.32. The van der Waals surface area contributed by atoms with Crippen molar-refractivity contribution in [2.24, 2.45) is 17.1 Å². The lowest BCUT2D eigenvalue weighted by atomic mass is 9.69. The molecule has 0 spiro atoms. The van der Waals surface area contributed by atoms with Gasteiger partial charge >= 0.3 is 0 Å². The lowest BCUT2D eigenvalue weighted by molar-refractivity contribution is -0.123. The Kier molecular flexibility index (Phi) is 7.38. The number of amides is 1. The molecule has 118 valence electrons. The molecule has 0 radical (unpaired) electrons. The zero-order chi connectivity index (χ0) is 15.2. The Morgan fingerprint density at radius 2 is 1.95 bits per heavy atom. The Labute approximate surface area is 128 Å². The fourth-order valence-corrected chi connectivity index (χ4v) is 3.48. The predicted molar refractivity (Wildman–Crippen MR) is 88.9 cm³/mol. The third-order valence-corrected chi connectivity index (χ3v) is 5.70. The van der Waals surface area contributed by atoms with E-state index in [0.717, 1.165) is 30.9 Å². The van der Waals surface area contributed by atoms with Crippen LogP contribution in [0, 0.1) is 11.3 Å². The molecule has 0 aromatic carbocycles. The average molecular weight is 301 g/mol. The molecule has 1 aliphatic carbocycles. The molecule has 20 heavy (non-hydrogen) atoms. The molecule has 1 aliphatic rings. The van der Waals surface area contributed by atoms with E-state index in [4.69, 9.17) is 5.73 Å². The number of carbonyl (C=O) groups excluding carboxylic acids is 1. The predicted octanol–water partition coefficient (Wildman–Crippen LogP) is 3.18. The van der Waals surface area contributed by atoms with Gasteiger partial charge in [-0.1, -0.05) is 27.2 Å². The van der Waals surface area contributed by atoms with Crippen molar-refractivity contribution in [3.8, 4) is 0 Å². The smallest absolute Gasteiger partial charge is 0.237 e. The van der Waals surface area contributed by atoms with Crippen LogP contribution in [0.25, 0.3) is 0 Å². The van der Waals surface area contributed by atoms with E-state index in [1.54, 1.807) is 11.8 Å². The molecule has 1 atom stereocenters. The summed E-state index contributed by atoms with van der Waals surface area (Å²) in [5.41, 5.74) is 6.35. The van der Waals surface area contributed by atoms with E-state index in [0.29, 0.717) is 11.5 Å². The van der Waals surface area contributed by atoms with Gasteiger partial charge in [0.05, 0.1) is 6.04 Å². The molecule has 3 nitrogen and oxygen atoms in total. The Morgan fingerprint density at radius 3 is 2.45 bits per heavy atom. The summed E-state index contributed by atoms with van der Waals surface area (Å²) < 4.78 is 0. The second-order valence-electron chi connectivity index (χ2n) is 6.79. The van der Waals surface area contributed by atoms with Gasteiger partial charge in [-0.05, 0) is 55.4 Å². The van der Waals surface area contributed by atoms with E-state index in [9.17, 15) is 4.79 Å². The van der Waals surface area contributed by atoms with E-state index >= 15 is 0 Å². The largest absolute Gasteiger partial charge is 0.352 e. The van der Waals surface area contributed by atoms with E-state index in [1.807, 2.05) is 6.26 Å². The molecular weight excluding hydrogens is 268 g/mol. The van der Waals surface area contributed by atoms with Crippen molar-refractivity contribution in [1.29, 1.82) is 0 Å². The summed E-state index contributed by atoms with van der Waals surface area (Å²) >= 11 is 1.74. The molecule has 0 bridgehead atoms. The van der Waals surface area contributed by atoms with Gasteiger partial charge in [0.25, 0.3) is 0 Å². The summed E-state index contributed by atoms with van der Waals surface area (Å²) in [7, 11) is 0. The number of nitrogens with one attached hydrogen (secondary N) is 1. The van der Waals surface area contributed by atoms with Gasteiger partial charge in [0, 0.05) is 6.04 Å². The lowest BCUT2D eigenvalue weighted by Gasteiger charge is -2.39. The summed E-state index contributed by atoms with van der Waals surface area (Å²) in [6.07, 6.45) is 8.71. The molecule has 0 unspecified atom stereocenters. The quantitative estimate of drug-likeness (QED) is 0.759. The topological polar surface area (TPSA) is 55.1 Å². The number of hydrogen-bond donors (Lipinski definition) is 2. The summed E-state index contributed by atoms with van der Waals surface area (Å²) in [5.74, 6) is 1.79. The first-order valence-corrected chi connectivity index (χ1v) is 9.35. The Hall–Kier alpha value is -0.220. The van der Waals surface area contributed by atoms with Crippen LogP contribution in [0.4, 0.5) is 0 Å². The second-order valence-corrected chi connectivity index (χ2v) is 7.77. The maximum Gasteiger partial charge on any atom is 0.237 e. The van der Waals surface area contributed by atoms with Crippen molar-refractivity contribution in [3.63, 3.8) is 0 Å². The minimum atomic E-state index is -0.341. The van der Waals surface area contributed by atoms with Crippen LogP contribution in [0.2, 0.25) is 0 Å². The molecule has 3 N–H and O–H groups in total. The van der Waals surface area contributed by atoms with Crippen LogP contribution in [0.1, 0.15) is 59.3 Å². The minimum absolute atomic E-state index is 0.0391. The maximum atomic E-state index is 12.0. The SMILES string of the molecule is CCC(C)(C)C1CCC(NC(=O)[C@@H](N)CCSC)CC1. The summed E-state index contributed by atoms with van der Waals surface area (Å²) in [5, 5.41) is 3.14. The first-order chi connectivity index (χ1) is 9.40. The molecule has 0 saturated heterocycles. The summed E-state index contributed by atoms with van der Waals surface area (Å²) in [6.45, 7) is 7.02. The van der Waals surface area contributed by atoms with Crippen molar-refractivity contribution in [3.05, 3.63) is 0 Å². The van der Waals surface area contributed by atoms with Crippen molar-refractivity contribution < 1.29 is 4.79 Å². The molecule has 1 fully saturated rings. The minimum Gasteiger partial charge on any atom is -0.352 e. The van der Waals surface area contributed by atoms with Gasteiger partial charge in [0.1, 0.15) is 0 Å². The fourth-order valence-electron chi connectivity index (χ4n) is 2.99. The Morgan fingerprint density at radius 1 is 1.35 bits per heavy atom. The van der Waals surface area contributed by atoms with Crippen molar-refractivity contribution in [2.75, 3.05) is 12.0 Å². The normalized spacial score (nSPS) is 25.2. The summed E-state index contributed by atoms with van der Waals surface area (Å²) in [4.78, 5) is 12.0. The van der Waals surface area contributed by atoms with Gasteiger partial charge in [-0.2, -0.15) is 11.8 Å². The van der Waals surface area contributed by atoms with Gasteiger partial charge in [-0.25, -0.2) is 0 Å². The van der Waals surface area contributed by atoms with Crippen LogP contribution >= 0.6 is 11.8 Å². The fraction of sp³-hybridized carbons (Fsp3) is 0.938. The highest BCUT2D eigenvalue weighted by Crippen LogP contribution is 2.40. The highest BCUT2D eigenvalue weighted by atomic mass is 32.2. The number of thioether (sulfide) groups is 1. The molecule has 4 heteroatoms. The molecule has 0 aliphatic heterocycles. The van der Waals surface area contributed by atoms with Gasteiger partial charge < -0.3 is 11.1 Å². The van der Waals surface area contributed by atoms with E-state index < -0.39 is 0 Å². The van der Waals surface area contributed by atoms with Crippen LogP contribution < -0.4 is 11.1 Å². The summed E-state index contributed by atoms with van der Waals surface area (Å²) in [6, 6.07) is -0.000933. The Balaban J connectivity index is 2.33. The van der Waals surface area contributed by atoms with Crippen molar-refractivity contribution >= 4 is 17.7 Å². The third-order valence-electron chi connectivity index (χ3n) is 5.06. The molecule has 1 amide bonds. The molecule has 0 aromatic rings. The number of rotatable bonds is 7. The van der Waals surface area contributed by atoms with Crippen LogP contribution in [0.3, 0.4) is 0 Å². The molecular formula is C16H32N2OS. The van der Waals surface area contributed by atoms with E-state index in [2.05, 4.69) is 26.1 Å². The third kappa shape index (κ3) is 5.28. The number of nitrogens with two attached hydrogens (primary N) is 1. The number of hydrogen-bond acceptors (Lipinski definition) is 3. The molecule has 0 aromatic heterocycles. The highest BCUT2D eigenvalue weighted by molar-refractivity contribution is 7.98. The first kappa shape index (κ1) is 17.8. The monoisotopic (exact) mass is 300 g/mol. The standard InChI is InChI=1S/C16H32N2OS/c1-5-16(2,3)12-6-8-13(9-7-12)18-15(19)14(17)10-11-20-4/h12-14H,5-11,17H2,1-4H3,(H,18,19)/t12?,13?,14-/m0/s1. The van der Waals surface area contributed by atoms with E-state index in [-0.39, 0.29) is 11.9 Å². The van der Waals surface area contributed by atoms with Gasteiger partial charge in [0.2, 0.25) is 5.91 Å². The van der Waals surface area contributed by atoms with Crippen molar-refractivity contribution in [1.82, 2.24) is 5.32 Å². The van der Waals surface area contributed by atoms with Crippen molar-refractivity contribution in [2.45, 2.75) is 71.4 Å². The second kappa shape index (κ2) is 8.28. The molecule has 0 heterocycles. The lowest BCUT2D eigenvalue weighted by Crippen LogP contribution is -2.47. The van der Waals surface area contributed by atoms with Crippen LogP contribution in [-0.2, 0) is 4.79 Å². The molecule has 1 rings (SSSR count). The zero-order valence-electron chi connectivity index (χ0n) is 13.6. The van der Waals surface area contributed by atoms with Crippen LogP contribution in [0.5, 0.6) is 0 Å². The number of carbonyl (C=O) groups is 1. The van der Waals surface area contributed by atoms with Gasteiger partial charge in [-0.15, -0.1) is 0 Å². The van der Waals surface area contributed by atoms with Crippen LogP contribution in [-0.4, -0.2) is 30.0 Å². The van der Waals surface area contributed by atoms with Crippen LogP contribution in [0.15, 0.2) is 0 Å². The van der Waals surface area contributed by atoms with Gasteiger partial charge in [-0.3, -0.25) is 4.79 Å². The maximum absolute atomic E-state index is 12.0.